The summed E-state index contributed by atoms with van der Waals surface area (Å²) in [6.07, 6.45) is 10.7. The number of benzene rings is 6. The number of amides is 2. The standard InChI is InChI=1S/2C30H29N5O3.C4H4O4.H2O/c2*1-4-37-28-18-26-25(17-27(28)34-29(36)11-8-16-35(2)3)30(21(19-31)20-32-26)33-22-12-14-24(15-13-22)38-23-9-6-5-7-10-23;5-3(6)1-2-4(7)8;/h2*5-15,17-18,20H,4,16H2,1-3H3,(H,32,33)(H,34,36);1-2H,(H,5,6)(H,7,8);1H2/b2*11-8+;2-1-;. The van der Waals surface area contributed by atoms with E-state index in [-0.39, 0.29) is 17.3 Å². The van der Waals surface area contributed by atoms with Crippen molar-refractivity contribution in [3.05, 3.63) is 193 Å². The number of ether oxygens (including phenoxy) is 4. The van der Waals surface area contributed by atoms with Crippen LogP contribution in [0.2, 0.25) is 0 Å². The lowest BCUT2D eigenvalue weighted by Crippen LogP contribution is -2.13. The van der Waals surface area contributed by atoms with Crippen LogP contribution in [-0.2, 0) is 19.2 Å². The molecule has 0 saturated carbocycles. The average Bonchev–Trinajstić information content (AvgIpc) is 2.28. The topological polar surface area (TPSA) is 305 Å². The number of hydrogen-bond donors (Lipinski definition) is 6. The molecule has 0 saturated heterocycles. The lowest BCUT2D eigenvalue weighted by atomic mass is 10.1. The van der Waals surface area contributed by atoms with Crippen molar-refractivity contribution < 1.29 is 53.8 Å². The highest BCUT2D eigenvalue weighted by Gasteiger charge is 2.18. The predicted molar refractivity (Wildman–Crippen MR) is 328 cm³/mol. The minimum Gasteiger partial charge on any atom is -0.492 e. The van der Waals surface area contributed by atoms with E-state index in [1.54, 1.807) is 36.4 Å². The lowest BCUT2D eigenvalue weighted by Gasteiger charge is -2.16. The number of nitrogens with zero attached hydrogens (tertiary/aromatic N) is 6. The van der Waals surface area contributed by atoms with Crippen molar-refractivity contribution in [2.45, 2.75) is 13.8 Å². The molecule has 0 aliphatic carbocycles. The number of hydrogen-bond acceptors (Lipinski definition) is 16. The molecule has 21 heteroatoms. The number of para-hydroxylation sites is 2. The molecule has 0 fully saturated rings. The van der Waals surface area contributed by atoms with Crippen LogP contribution in [0.4, 0.5) is 34.1 Å². The Morgan fingerprint density at radius 3 is 1.20 bits per heavy atom. The van der Waals surface area contributed by atoms with Gasteiger partial charge >= 0.3 is 11.9 Å². The molecule has 85 heavy (non-hydrogen) atoms. The van der Waals surface area contributed by atoms with E-state index < -0.39 is 11.9 Å². The second-order valence-corrected chi connectivity index (χ2v) is 18.4. The van der Waals surface area contributed by atoms with Crippen molar-refractivity contribution in [3.63, 3.8) is 0 Å². The van der Waals surface area contributed by atoms with Gasteiger partial charge in [0.05, 0.1) is 58.1 Å². The average molecular weight is 1150 g/mol. The molecule has 0 unspecified atom stereocenters. The van der Waals surface area contributed by atoms with Gasteiger partial charge in [0.1, 0.15) is 46.6 Å². The number of nitriles is 2. The molecule has 0 aliphatic rings. The zero-order chi connectivity index (χ0) is 60.4. The Bertz CT molecular complexity index is 3490. The Hall–Kier alpha value is -11.1. The van der Waals surface area contributed by atoms with Gasteiger partial charge in [-0.1, -0.05) is 48.6 Å². The summed E-state index contributed by atoms with van der Waals surface area (Å²) in [4.78, 5) is 57.1. The van der Waals surface area contributed by atoms with E-state index >= 15 is 0 Å². The van der Waals surface area contributed by atoms with Crippen molar-refractivity contribution in [1.29, 1.82) is 10.5 Å². The lowest BCUT2D eigenvalue weighted by molar-refractivity contribution is -0.134. The van der Waals surface area contributed by atoms with Crippen LogP contribution >= 0.6 is 0 Å². The fourth-order valence-corrected chi connectivity index (χ4v) is 7.61. The van der Waals surface area contributed by atoms with Crippen LogP contribution in [0.25, 0.3) is 21.8 Å². The molecule has 0 spiro atoms. The number of anilines is 6. The summed E-state index contributed by atoms with van der Waals surface area (Å²) in [6, 6.07) is 45.5. The van der Waals surface area contributed by atoms with Gasteiger partial charge < -0.3 is 65.7 Å². The molecule has 8 aromatic rings. The summed E-state index contributed by atoms with van der Waals surface area (Å²) in [5, 5.41) is 49.1. The molecular formula is C64H64N10O11. The van der Waals surface area contributed by atoms with Crippen LogP contribution in [0.5, 0.6) is 34.5 Å². The number of pyridine rings is 2. The zero-order valence-electron chi connectivity index (χ0n) is 47.5. The van der Waals surface area contributed by atoms with E-state index in [0.29, 0.717) is 117 Å². The third kappa shape index (κ3) is 20.4. The molecule has 0 radical (unpaired) electrons. The number of carboxylic acids is 2. The van der Waals surface area contributed by atoms with E-state index in [2.05, 4.69) is 43.4 Å². The minimum absolute atomic E-state index is 0. The van der Waals surface area contributed by atoms with Gasteiger partial charge in [0, 0.05) is 84.1 Å². The first-order chi connectivity index (χ1) is 40.5. The molecular weight excluding hydrogens is 1080 g/mol. The van der Waals surface area contributed by atoms with Gasteiger partial charge in [0.15, 0.2) is 0 Å². The molecule has 2 aromatic heterocycles. The second kappa shape index (κ2) is 33.0. The largest absolute Gasteiger partial charge is 0.492 e. The molecule has 8 rings (SSSR count). The highest BCUT2D eigenvalue weighted by atomic mass is 16.5. The Kier molecular flexibility index (Phi) is 25.1. The van der Waals surface area contributed by atoms with Gasteiger partial charge in [-0.3, -0.25) is 19.6 Å². The van der Waals surface area contributed by atoms with Crippen LogP contribution in [0.1, 0.15) is 25.0 Å². The van der Waals surface area contributed by atoms with E-state index in [0.717, 1.165) is 22.9 Å². The maximum Gasteiger partial charge on any atom is 0.328 e. The maximum absolute atomic E-state index is 12.6. The number of carboxylic acid groups (broad SMARTS) is 2. The molecule has 0 aliphatic heterocycles. The van der Waals surface area contributed by atoms with Gasteiger partial charge in [-0.15, -0.1) is 0 Å². The van der Waals surface area contributed by atoms with Crippen LogP contribution in [0.15, 0.2) is 182 Å². The van der Waals surface area contributed by atoms with Crippen molar-refractivity contribution in [3.8, 4) is 46.6 Å². The SMILES string of the molecule is CCOc1cc2ncc(C#N)c(Nc3ccc(Oc4ccccc4)cc3)c2cc1NC(=O)/C=C/CN(C)C.CCOc1cc2ncc(C#N)c(Nc3ccc(Oc4ccccc4)cc3)c2cc1NC(=O)/C=C/CN(C)C.O.O=C(O)/C=C\C(=O)O. The first-order valence-corrected chi connectivity index (χ1v) is 26.1. The number of carbonyl (C=O) groups is 4. The number of aromatic nitrogens is 2. The van der Waals surface area contributed by atoms with E-state index in [1.807, 2.05) is 161 Å². The number of fused-ring (bicyclic) bond motifs is 2. The molecule has 0 atom stereocenters. The Balaban J connectivity index is 0.000000272. The summed E-state index contributed by atoms with van der Waals surface area (Å²) in [6.45, 7) is 5.87. The Morgan fingerprint density at radius 1 is 0.529 bits per heavy atom. The molecule has 21 nitrogen and oxygen atoms in total. The quantitative estimate of drug-likeness (QED) is 0.0344. The summed E-state index contributed by atoms with van der Waals surface area (Å²) < 4.78 is 23.3. The zero-order valence-corrected chi connectivity index (χ0v) is 47.5. The fraction of sp³-hybridized carbons (Fsp3) is 0.156. The third-order valence-corrected chi connectivity index (χ3v) is 11.3. The van der Waals surface area contributed by atoms with Crippen LogP contribution in [0.3, 0.4) is 0 Å². The number of likely N-dealkylation sites (N-methyl/N-ethyl adjacent to an activating group) is 2. The predicted octanol–water partition coefficient (Wildman–Crippen LogP) is 11.1. The van der Waals surface area contributed by atoms with Crippen molar-refractivity contribution >= 4 is 79.7 Å². The summed E-state index contributed by atoms with van der Waals surface area (Å²) in [5.41, 5.74) is 5.66. The van der Waals surface area contributed by atoms with Gasteiger partial charge in [-0.05, 0) is 127 Å². The van der Waals surface area contributed by atoms with Crippen molar-refractivity contribution in [2.75, 3.05) is 75.8 Å². The third-order valence-electron chi connectivity index (χ3n) is 11.3. The Labute approximate surface area is 491 Å². The van der Waals surface area contributed by atoms with Gasteiger partial charge in [-0.2, -0.15) is 10.5 Å². The van der Waals surface area contributed by atoms with Gasteiger partial charge in [-0.25, -0.2) is 9.59 Å². The molecule has 8 N–H and O–H groups in total. The number of nitrogens with one attached hydrogen (secondary N) is 4. The second-order valence-electron chi connectivity index (χ2n) is 18.4. The number of rotatable bonds is 22. The molecule has 2 heterocycles. The Morgan fingerprint density at radius 2 is 0.882 bits per heavy atom. The minimum atomic E-state index is -1.26. The van der Waals surface area contributed by atoms with Gasteiger partial charge in [0.2, 0.25) is 11.8 Å². The molecule has 6 aromatic carbocycles. The molecule has 0 bridgehead atoms. The smallest absolute Gasteiger partial charge is 0.328 e. The van der Waals surface area contributed by atoms with Gasteiger partial charge in [0.25, 0.3) is 0 Å². The molecule has 436 valence electrons. The summed E-state index contributed by atoms with van der Waals surface area (Å²) in [5.74, 6) is 0.804. The van der Waals surface area contributed by atoms with Crippen LogP contribution in [0, 0.1) is 22.7 Å². The fourth-order valence-electron chi connectivity index (χ4n) is 7.61. The summed E-state index contributed by atoms with van der Waals surface area (Å²) in [7, 11) is 7.71. The summed E-state index contributed by atoms with van der Waals surface area (Å²) >= 11 is 0. The number of aliphatic carboxylic acids is 2. The first-order valence-electron chi connectivity index (χ1n) is 26.1. The maximum atomic E-state index is 12.6. The monoisotopic (exact) mass is 1150 g/mol. The highest BCUT2D eigenvalue weighted by Crippen LogP contribution is 2.38. The van der Waals surface area contributed by atoms with Crippen molar-refractivity contribution in [1.82, 2.24) is 19.8 Å². The molecule has 2 amide bonds. The van der Waals surface area contributed by atoms with E-state index in [1.165, 1.54) is 24.5 Å². The van der Waals surface area contributed by atoms with E-state index in [9.17, 15) is 29.7 Å². The highest BCUT2D eigenvalue weighted by molar-refractivity contribution is 6.06. The van der Waals surface area contributed by atoms with E-state index in [4.69, 9.17) is 29.2 Å². The van der Waals surface area contributed by atoms with Crippen LogP contribution < -0.4 is 40.2 Å². The normalized spacial score (nSPS) is 10.7. The van der Waals surface area contributed by atoms with Crippen molar-refractivity contribution in [2.24, 2.45) is 0 Å². The first kappa shape index (κ1) is 64.7. The number of carbonyl (C=O) groups excluding carboxylic acids is 2. The van der Waals surface area contributed by atoms with Crippen LogP contribution in [-0.4, -0.2) is 114 Å².